The number of hydrogen-bond acceptors (Lipinski definition) is 3. The largest absolute Gasteiger partial charge is 0.337 e. The van der Waals surface area contributed by atoms with Crippen LogP contribution in [0.1, 0.15) is 29.9 Å². The Hall–Kier alpha value is -1.62. The second-order valence-electron chi connectivity index (χ2n) is 4.41. The molecule has 17 heavy (non-hydrogen) atoms. The summed E-state index contributed by atoms with van der Waals surface area (Å²) in [5.74, 6) is 0. The van der Waals surface area contributed by atoms with Crippen LogP contribution in [0.2, 0.25) is 0 Å². The predicted molar refractivity (Wildman–Crippen MR) is 66.4 cm³/mol. The molecule has 0 spiro atoms. The Labute approximate surface area is 101 Å². The van der Waals surface area contributed by atoms with Crippen LogP contribution in [-0.2, 0) is 20.6 Å². The molecule has 0 aromatic carbocycles. The molecular weight excluding hydrogens is 214 g/mol. The van der Waals surface area contributed by atoms with E-state index in [4.69, 9.17) is 0 Å². The van der Waals surface area contributed by atoms with Crippen LogP contribution in [0.15, 0.2) is 18.7 Å². The van der Waals surface area contributed by atoms with Gasteiger partial charge < -0.3 is 9.88 Å². The Kier molecular flexibility index (Phi) is 3.28. The molecule has 1 unspecified atom stereocenters. The van der Waals surface area contributed by atoms with E-state index in [0.29, 0.717) is 6.04 Å². The number of rotatable bonds is 4. The van der Waals surface area contributed by atoms with Crippen molar-refractivity contribution >= 4 is 0 Å². The molecule has 0 aliphatic carbocycles. The van der Waals surface area contributed by atoms with Gasteiger partial charge in [0.05, 0.1) is 18.2 Å². The number of nitrogens with zero attached hydrogens (tertiary/aromatic N) is 4. The Morgan fingerprint density at radius 1 is 1.35 bits per heavy atom. The van der Waals surface area contributed by atoms with E-state index in [9.17, 15) is 0 Å². The third-order valence-corrected chi connectivity index (χ3v) is 3.25. The van der Waals surface area contributed by atoms with E-state index in [1.165, 1.54) is 17.0 Å². The van der Waals surface area contributed by atoms with Crippen LogP contribution >= 0.6 is 0 Å². The first kappa shape index (κ1) is 11.9. The highest BCUT2D eigenvalue weighted by Gasteiger charge is 2.11. The first-order valence-corrected chi connectivity index (χ1v) is 5.76. The zero-order valence-corrected chi connectivity index (χ0v) is 10.8. The van der Waals surface area contributed by atoms with Gasteiger partial charge in [-0.1, -0.05) is 0 Å². The minimum absolute atomic E-state index is 0.290. The van der Waals surface area contributed by atoms with Gasteiger partial charge in [-0.3, -0.25) is 4.68 Å². The summed E-state index contributed by atoms with van der Waals surface area (Å²) in [6.45, 7) is 5.05. The van der Waals surface area contributed by atoms with E-state index in [-0.39, 0.29) is 0 Å². The van der Waals surface area contributed by atoms with Crippen LogP contribution in [0.5, 0.6) is 0 Å². The Morgan fingerprint density at radius 3 is 2.65 bits per heavy atom. The topological polar surface area (TPSA) is 47.7 Å². The number of aryl methyl sites for hydroxylation is 2. The second-order valence-corrected chi connectivity index (χ2v) is 4.41. The zero-order chi connectivity index (χ0) is 12.4. The standard InChI is InChI=1S/C12H19N5/c1-9(12-7-15-17(4)10(12)2)14-6-11-5-13-8-16(11)3/h5,7-9,14H,6H2,1-4H3. The van der Waals surface area contributed by atoms with E-state index >= 15 is 0 Å². The molecular formula is C12H19N5. The summed E-state index contributed by atoms with van der Waals surface area (Å²) in [5.41, 5.74) is 3.63. The van der Waals surface area contributed by atoms with Crippen LogP contribution in [-0.4, -0.2) is 19.3 Å². The van der Waals surface area contributed by atoms with Crippen LogP contribution in [0.4, 0.5) is 0 Å². The highest BCUT2D eigenvalue weighted by molar-refractivity contribution is 5.19. The normalized spacial score (nSPS) is 12.9. The van der Waals surface area contributed by atoms with Gasteiger partial charge in [0.1, 0.15) is 0 Å². The SMILES string of the molecule is Cc1c(C(C)NCc2cncn2C)cnn1C. The molecule has 0 aliphatic rings. The van der Waals surface area contributed by atoms with Gasteiger partial charge in [-0.2, -0.15) is 5.10 Å². The summed E-state index contributed by atoms with van der Waals surface area (Å²) >= 11 is 0. The van der Waals surface area contributed by atoms with Crippen molar-refractivity contribution in [2.45, 2.75) is 26.4 Å². The highest BCUT2D eigenvalue weighted by Crippen LogP contribution is 2.16. The van der Waals surface area contributed by atoms with Gasteiger partial charge in [-0.15, -0.1) is 0 Å². The maximum absolute atomic E-state index is 4.26. The van der Waals surface area contributed by atoms with Crippen LogP contribution in [0, 0.1) is 6.92 Å². The van der Waals surface area contributed by atoms with E-state index < -0.39 is 0 Å². The number of imidazole rings is 1. The van der Waals surface area contributed by atoms with Crippen LogP contribution in [0.3, 0.4) is 0 Å². The van der Waals surface area contributed by atoms with E-state index in [1.54, 1.807) is 0 Å². The molecule has 0 aliphatic heterocycles. The predicted octanol–water partition coefficient (Wildman–Crippen LogP) is 1.31. The maximum Gasteiger partial charge on any atom is 0.0945 e. The minimum atomic E-state index is 0.290. The van der Waals surface area contributed by atoms with Crippen molar-refractivity contribution < 1.29 is 0 Å². The number of hydrogen-bond donors (Lipinski definition) is 1. The lowest BCUT2D eigenvalue weighted by Crippen LogP contribution is -2.20. The molecule has 0 saturated heterocycles. The zero-order valence-electron chi connectivity index (χ0n) is 10.8. The van der Waals surface area contributed by atoms with Gasteiger partial charge >= 0.3 is 0 Å². The molecule has 0 bridgehead atoms. The lowest BCUT2D eigenvalue weighted by molar-refractivity contribution is 0.554. The van der Waals surface area contributed by atoms with E-state index in [2.05, 4.69) is 29.2 Å². The fraction of sp³-hybridized carbons (Fsp3) is 0.500. The summed E-state index contributed by atoms with van der Waals surface area (Å²) < 4.78 is 3.92. The quantitative estimate of drug-likeness (QED) is 0.866. The molecule has 92 valence electrons. The monoisotopic (exact) mass is 233 g/mol. The molecule has 1 N–H and O–H groups in total. The van der Waals surface area contributed by atoms with Crippen molar-refractivity contribution in [1.82, 2.24) is 24.6 Å². The summed E-state index contributed by atoms with van der Waals surface area (Å²) in [6.07, 6.45) is 5.63. The highest BCUT2D eigenvalue weighted by atomic mass is 15.3. The van der Waals surface area contributed by atoms with Crippen LogP contribution in [0.25, 0.3) is 0 Å². The summed E-state index contributed by atoms with van der Waals surface area (Å²) in [7, 11) is 3.97. The summed E-state index contributed by atoms with van der Waals surface area (Å²) in [5, 5.41) is 7.74. The van der Waals surface area contributed by atoms with Gasteiger partial charge in [-0.05, 0) is 13.8 Å². The van der Waals surface area contributed by atoms with Gasteiger partial charge in [0, 0.05) is 44.1 Å². The summed E-state index contributed by atoms with van der Waals surface area (Å²) in [6, 6.07) is 0.290. The van der Waals surface area contributed by atoms with Crippen molar-refractivity contribution in [3.8, 4) is 0 Å². The fourth-order valence-corrected chi connectivity index (χ4v) is 1.86. The molecule has 5 heteroatoms. The first-order valence-electron chi connectivity index (χ1n) is 5.76. The second kappa shape index (κ2) is 4.71. The maximum atomic E-state index is 4.26. The van der Waals surface area contributed by atoms with Crippen LogP contribution < -0.4 is 5.32 Å². The molecule has 2 aromatic rings. The molecule has 2 rings (SSSR count). The fourth-order valence-electron chi connectivity index (χ4n) is 1.86. The van der Waals surface area contributed by atoms with Gasteiger partial charge in [0.15, 0.2) is 0 Å². The average Bonchev–Trinajstić information content (AvgIpc) is 2.84. The number of aromatic nitrogens is 4. The van der Waals surface area contributed by atoms with Gasteiger partial charge in [0.25, 0.3) is 0 Å². The third kappa shape index (κ3) is 2.39. The first-order chi connectivity index (χ1) is 8.09. The molecule has 2 aromatic heterocycles. The molecule has 0 amide bonds. The summed E-state index contributed by atoms with van der Waals surface area (Å²) in [4.78, 5) is 4.10. The molecule has 0 fully saturated rings. The van der Waals surface area contributed by atoms with Crippen molar-refractivity contribution in [2.75, 3.05) is 0 Å². The molecule has 0 radical (unpaired) electrons. The van der Waals surface area contributed by atoms with Gasteiger partial charge in [0.2, 0.25) is 0 Å². The molecule has 2 heterocycles. The van der Waals surface area contributed by atoms with Gasteiger partial charge in [-0.25, -0.2) is 4.98 Å². The lowest BCUT2D eigenvalue weighted by atomic mass is 10.1. The van der Waals surface area contributed by atoms with Crippen molar-refractivity contribution in [3.63, 3.8) is 0 Å². The Balaban J connectivity index is 2.00. The lowest BCUT2D eigenvalue weighted by Gasteiger charge is -2.13. The minimum Gasteiger partial charge on any atom is -0.337 e. The number of nitrogens with one attached hydrogen (secondary N) is 1. The average molecular weight is 233 g/mol. The van der Waals surface area contributed by atoms with Crippen molar-refractivity contribution in [3.05, 3.63) is 35.7 Å². The van der Waals surface area contributed by atoms with Crippen molar-refractivity contribution in [1.29, 1.82) is 0 Å². The smallest absolute Gasteiger partial charge is 0.0945 e. The van der Waals surface area contributed by atoms with E-state index in [0.717, 1.165) is 6.54 Å². The molecule has 1 atom stereocenters. The molecule has 5 nitrogen and oxygen atoms in total. The Bertz CT molecular complexity index is 497. The Morgan fingerprint density at radius 2 is 2.12 bits per heavy atom. The van der Waals surface area contributed by atoms with E-state index in [1.807, 2.05) is 42.1 Å². The third-order valence-electron chi connectivity index (χ3n) is 3.25. The van der Waals surface area contributed by atoms with Crippen molar-refractivity contribution in [2.24, 2.45) is 14.1 Å². The molecule has 0 saturated carbocycles.